The molecule has 3 amide bonds. The van der Waals surface area contributed by atoms with Crippen molar-refractivity contribution in [2.75, 3.05) is 20.1 Å². The fraction of sp³-hybridized carbons (Fsp3) is 0.471. The number of urea groups is 1. The minimum absolute atomic E-state index is 0.0601. The fourth-order valence-corrected chi connectivity index (χ4v) is 6.66. The first-order valence-corrected chi connectivity index (χ1v) is 14.6. The Morgan fingerprint density at radius 3 is 2.26 bits per heavy atom. The van der Waals surface area contributed by atoms with Crippen molar-refractivity contribution in [1.82, 2.24) is 14.7 Å². The highest BCUT2D eigenvalue weighted by atomic mass is 19.4. The average molecular weight is 582 g/mol. The van der Waals surface area contributed by atoms with Crippen LogP contribution in [0.4, 0.5) is 18.0 Å². The third kappa shape index (κ3) is 5.72. The molecular weight excluding hydrogens is 539 g/mol. The van der Waals surface area contributed by atoms with E-state index in [1.54, 1.807) is 32.2 Å². The van der Waals surface area contributed by atoms with Crippen molar-refractivity contribution in [2.45, 2.75) is 77.2 Å². The van der Waals surface area contributed by atoms with Gasteiger partial charge in [-0.25, -0.2) is 4.79 Å². The first-order chi connectivity index (χ1) is 19.8. The van der Waals surface area contributed by atoms with E-state index in [0.29, 0.717) is 43.5 Å². The molecule has 3 atom stereocenters. The summed E-state index contributed by atoms with van der Waals surface area (Å²) in [6.45, 7) is 16.0. The molecule has 3 unspecified atom stereocenters. The predicted octanol–water partition coefficient (Wildman–Crippen LogP) is 8.05. The topological polar surface area (TPSA) is 43.9 Å². The number of aryl methyl sites for hydroxylation is 1. The van der Waals surface area contributed by atoms with Crippen LogP contribution in [-0.4, -0.2) is 52.8 Å². The normalized spacial score (nSPS) is 20.8. The summed E-state index contributed by atoms with van der Waals surface area (Å²) >= 11 is 0. The zero-order valence-corrected chi connectivity index (χ0v) is 25.2. The van der Waals surface area contributed by atoms with Crippen LogP contribution in [0.5, 0.6) is 0 Å². The van der Waals surface area contributed by atoms with Crippen LogP contribution < -0.4 is 0 Å². The molecule has 2 aromatic rings. The van der Waals surface area contributed by atoms with Gasteiger partial charge in [-0.1, -0.05) is 56.3 Å². The van der Waals surface area contributed by atoms with E-state index in [4.69, 9.17) is 0 Å². The molecule has 0 N–H and O–H groups in total. The van der Waals surface area contributed by atoms with E-state index in [2.05, 4.69) is 13.2 Å². The Bertz CT molecular complexity index is 1340. The van der Waals surface area contributed by atoms with Crippen LogP contribution in [0.25, 0.3) is 0 Å². The van der Waals surface area contributed by atoms with Crippen LogP contribution in [0.2, 0.25) is 0 Å². The highest BCUT2D eigenvalue weighted by molar-refractivity contribution is 5.87. The second-order valence-corrected chi connectivity index (χ2v) is 12.1. The number of benzene rings is 2. The van der Waals surface area contributed by atoms with Crippen LogP contribution in [-0.2, 0) is 11.0 Å². The first-order valence-electron chi connectivity index (χ1n) is 14.6. The summed E-state index contributed by atoms with van der Waals surface area (Å²) in [5, 5.41) is 0. The zero-order valence-electron chi connectivity index (χ0n) is 25.2. The monoisotopic (exact) mass is 581 g/mol. The Morgan fingerprint density at radius 1 is 1.07 bits per heavy atom. The lowest BCUT2D eigenvalue weighted by atomic mass is 9.76. The molecule has 0 radical (unpaired) electrons. The van der Waals surface area contributed by atoms with E-state index in [1.807, 2.05) is 54.8 Å². The van der Waals surface area contributed by atoms with Crippen LogP contribution in [0.15, 0.2) is 67.8 Å². The van der Waals surface area contributed by atoms with Crippen LogP contribution in [0.1, 0.15) is 85.9 Å². The number of hydrogen-bond acceptors (Lipinski definition) is 2. The van der Waals surface area contributed by atoms with Crippen LogP contribution >= 0.6 is 0 Å². The highest BCUT2D eigenvalue weighted by Gasteiger charge is 2.56. The molecule has 0 aromatic heterocycles. The van der Waals surface area contributed by atoms with Gasteiger partial charge in [-0.3, -0.25) is 4.79 Å². The largest absolute Gasteiger partial charge is 0.416 e. The Kier molecular flexibility index (Phi) is 8.95. The van der Waals surface area contributed by atoms with Gasteiger partial charge in [0.2, 0.25) is 5.91 Å². The molecular formula is C34H42F3N3O2. The Morgan fingerprint density at radius 2 is 1.69 bits per heavy atom. The van der Waals surface area contributed by atoms with Gasteiger partial charge in [0.25, 0.3) is 0 Å². The minimum Gasteiger partial charge on any atom is -0.335 e. The van der Waals surface area contributed by atoms with Crippen molar-refractivity contribution in [3.05, 3.63) is 95.6 Å². The molecule has 226 valence electrons. The molecule has 0 bridgehead atoms. The Hall–Kier alpha value is -3.55. The van der Waals surface area contributed by atoms with Gasteiger partial charge >= 0.3 is 12.2 Å². The van der Waals surface area contributed by atoms with E-state index in [-0.39, 0.29) is 23.9 Å². The molecule has 8 heteroatoms. The number of carbonyl (C=O) groups excluding carboxylic acids is 2. The van der Waals surface area contributed by atoms with E-state index >= 15 is 0 Å². The number of halogens is 3. The van der Waals surface area contributed by atoms with E-state index in [9.17, 15) is 22.8 Å². The van der Waals surface area contributed by atoms with Gasteiger partial charge in [0.15, 0.2) is 0 Å². The molecule has 2 aliphatic heterocycles. The summed E-state index contributed by atoms with van der Waals surface area (Å²) in [5.74, 6) is -0.0473. The maximum Gasteiger partial charge on any atom is 0.416 e. The molecule has 2 saturated heterocycles. The third-order valence-electron chi connectivity index (χ3n) is 9.16. The van der Waals surface area contributed by atoms with Gasteiger partial charge in [0.05, 0.1) is 29.1 Å². The van der Waals surface area contributed by atoms with Gasteiger partial charge in [0, 0.05) is 20.1 Å². The third-order valence-corrected chi connectivity index (χ3v) is 9.16. The lowest BCUT2D eigenvalue weighted by Gasteiger charge is -2.47. The van der Waals surface area contributed by atoms with E-state index in [0.717, 1.165) is 17.2 Å². The van der Waals surface area contributed by atoms with Crippen molar-refractivity contribution < 1.29 is 22.8 Å². The van der Waals surface area contributed by atoms with Crippen LogP contribution in [0, 0.1) is 12.3 Å². The van der Waals surface area contributed by atoms with Crippen molar-refractivity contribution in [2.24, 2.45) is 5.41 Å². The number of amides is 3. The summed E-state index contributed by atoms with van der Waals surface area (Å²) in [6.07, 6.45) is 0.654. The van der Waals surface area contributed by atoms with Crippen molar-refractivity contribution >= 4 is 11.9 Å². The molecule has 2 fully saturated rings. The van der Waals surface area contributed by atoms with Crippen molar-refractivity contribution in [1.29, 1.82) is 0 Å². The van der Waals surface area contributed by atoms with Gasteiger partial charge in [-0.05, 0) is 73.4 Å². The number of fused-ring (bicyclic) bond motifs is 1. The maximum absolute atomic E-state index is 14.3. The summed E-state index contributed by atoms with van der Waals surface area (Å²) in [4.78, 5) is 33.4. The molecule has 0 saturated carbocycles. The lowest BCUT2D eigenvalue weighted by molar-refractivity contribution is -0.139. The second-order valence-electron chi connectivity index (χ2n) is 12.1. The highest BCUT2D eigenvalue weighted by Crippen LogP contribution is 2.50. The number of allylic oxidation sites excluding steroid dienone is 2. The smallest absolute Gasteiger partial charge is 0.335 e. The summed E-state index contributed by atoms with van der Waals surface area (Å²) in [6, 6.07) is 10.4. The lowest BCUT2D eigenvalue weighted by Crippen LogP contribution is -2.57. The van der Waals surface area contributed by atoms with Gasteiger partial charge in [-0.2, -0.15) is 13.2 Å². The van der Waals surface area contributed by atoms with Gasteiger partial charge in [-0.15, -0.1) is 13.2 Å². The number of carbonyl (C=O) groups is 2. The molecule has 4 rings (SSSR count). The summed E-state index contributed by atoms with van der Waals surface area (Å²) < 4.78 is 41.4. The molecule has 2 aromatic carbocycles. The summed E-state index contributed by atoms with van der Waals surface area (Å²) in [7, 11) is 1.64. The molecule has 0 spiro atoms. The molecule has 2 heterocycles. The number of alkyl halides is 3. The number of rotatable bonds is 8. The zero-order chi connectivity index (χ0) is 31.0. The second kappa shape index (κ2) is 12.0. The van der Waals surface area contributed by atoms with Gasteiger partial charge in [0.1, 0.15) is 0 Å². The SMILES string of the molecule is C=CCC1(CC=C)CC2C(c3ccccc3C)N(C(=O)N(C)C(C)c3cc(C(C)C)cc(C(F)(F)F)c3)CCN2C1=O. The van der Waals surface area contributed by atoms with E-state index < -0.39 is 29.2 Å². The Labute approximate surface area is 247 Å². The van der Waals surface area contributed by atoms with E-state index in [1.165, 1.54) is 11.0 Å². The van der Waals surface area contributed by atoms with Crippen LogP contribution in [0.3, 0.4) is 0 Å². The minimum atomic E-state index is -4.49. The van der Waals surface area contributed by atoms with Crippen molar-refractivity contribution in [3.63, 3.8) is 0 Å². The fourth-order valence-electron chi connectivity index (χ4n) is 6.66. The molecule has 0 aliphatic carbocycles. The van der Waals surface area contributed by atoms with Crippen molar-refractivity contribution in [3.8, 4) is 0 Å². The summed E-state index contributed by atoms with van der Waals surface area (Å²) in [5.41, 5.74) is 1.61. The average Bonchev–Trinajstić information content (AvgIpc) is 3.22. The number of piperazine rings is 1. The van der Waals surface area contributed by atoms with Gasteiger partial charge < -0.3 is 14.7 Å². The molecule has 5 nitrogen and oxygen atoms in total. The quantitative estimate of drug-likeness (QED) is 0.296. The predicted molar refractivity (Wildman–Crippen MR) is 160 cm³/mol. The molecule has 42 heavy (non-hydrogen) atoms. The Balaban J connectivity index is 1.73. The maximum atomic E-state index is 14.3. The first kappa shape index (κ1) is 31.4. The standard InChI is InChI=1S/C34H42F3N3O2/c1-8-14-33(15-9-2)21-29-30(28-13-11-10-12-23(28)5)40(17-16-39(29)31(33)41)32(42)38(7)24(6)26-18-25(22(3)4)19-27(20-26)34(35,36)37/h8-13,18-20,22,24,29-30H,1-2,14-17,21H2,3-7H3. The number of hydrogen-bond donors (Lipinski definition) is 0. The molecule has 2 aliphatic rings. The number of nitrogens with zero attached hydrogens (tertiary/aromatic N) is 3.